The zero-order valence-corrected chi connectivity index (χ0v) is 10.5. The highest BCUT2D eigenvalue weighted by molar-refractivity contribution is 6.35. The highest BCUT2D eigenvalue weighted by Gasteiger charge is 2.06. The van der Waals surface area contributed by atoms with E-state index >= 15 is 0 Å². The number of pyridine rings is 1. The molecule has 0 atom stereocenters. The Bertz CT molecular complexity index is 535. The molecule has 1 N–H and O–H groups in total. The fraction of sp³-hybridized carbons (Fsp3) is 0.308. The van der Waals surface area contributed by atoms with Crippen LogP contribution in [0.1, 0.15) is 18.1 Å². The fourth-order valence-electron chi connectivity index (χ4n) is 1.84. The van der Waals surface area contributed by atoms with Crippen LogP contribution in [0, 0.1) is 13.8 Å². The van der Waals surface area contributed by atoms with Crippen molar-refractivity contribution >= 4 is 28.3 Å². The SMILES string of the molecule is CCNc1nc2c(Cl)cc(C)cc2cc1C. The quantitative estimate of drug-likeness (QED) is 0.852. The highest BCUT2D eigenvalue weighted by Crippen LogP contribution is 2.27. The van der Waals surface area contributed by atoms with Crippen LogP contribution in [-0.4, -0.2) is 11.5 Å². The lowest BCUT2D eigenvalue weighted by Crippen LogP contribution is -2.01. The fourth-order valence-corrected chi connectivity index (χ4v) is 2.16. The Morgan fingerprint density at radius 1 is 1.25 bits per heavy atom. The van der Waals surface area contributed by atoms with E-state index < -0.39 is 0 Å². The van der Waals surface area contributed by atoms with Gasteiger partial charge < -0.3 is 5.32 Å². The monoisotopic (exact) mass is 234 g/mol. The summed E-state index contributed by atoms with van der Waals surface area (Å²) < 4.78 is 0. The molecule has 0 unspecified atom stereocenters. The molecule has 0 saturated heterocycles. The topological polar surface area (TPSA) is 24.9 Å². The van der Waals surface area contributed by atoms with Crippen LogP contribution in [0.5, 0.6) is 0 Å². The maximum absolute atomic E-state index is 6.20. The minimum Gasteiger partial charge on any atom is -0.370 e. The molecule has 1 aromatic carbocycles. The summed E-state index contributed by atoms with van der Waals surface area (Å²) >= 11 is 6.20. The first-order valence-corrected chi connectivity index (χ1v) is 5.81. The van der Waals surface area contributed by atoms with Crippen LogP contribution in [0.15, 0.2) is 18.2 Å². The van der Waals surface area contributed by atoms with E-state index in [4.69, 9.17) is 11.6 Å². The van der Waals surface area contributed by atoms with Gasteiger partial charge in [-0.3, -0.25) is 0 Å². The summed E-state index contributed by atoms with van der Waals surface area (Å²) in [6.07, 6.45) is 0. The van der Waals surface area contributed by atoms with Crippen molar-refractivity contribution < 1.29 is 0 Å². The predicted molar refractivity (Wildman–Crippen MR) is 70.4 cm³/mol. The molecule has 0 aliphatic carbocycles. The Morgan fingerprint density at radius 2 is 2.00 bits per heavy atom. The van der Waals surface area contributed by atoms with Crippen LogP contribution in [0.4, 0.5) is 5.82 Å². The first-order valence-electron chi connectivity index (χ1n) is 5.43. The van der Waals surface area contributed by atoms with Gasteiger partial charge in [-0.1, -0.05) is 11.6 Å². The van der Waals surface area contributed by atoms with Crippen LogP contribution in [0.3, 0.4) is 0 Å². The third kappa shape index (κ3) is 1.98. The molecule has 0 bridgehead atoms. The molecule has 1 aromatic heterocycles. The number of nitrogens with one attached hydrogen (secondary N) is 1. The van der Waals surface area contributed by atoms with Crippen molar-refractivity contribution in [1.82, 2.24) is 4.98 Å². The maximum atomic E-state index is 6.20. The summed E-state index contributed by atoms with van der Waals surface area (Å²) in [7, 11) is 0. The van der Waals surface area contributed by atoms with E-state index in [1.54, 1.807) is 0 Å². The van der Waals surface area contributed by atoms with E-state index in [0.717, 1.165) is 34.4 Å². The lowest BCUT2D eigenvalue weighted by atomic mass is 10.1. The summed E-state index contributed by atoms with van der Waals surface area (Å²) in [6, 6.07) is 6.18. The van der Waals surface area contributed by atoms with Gasteiger partial charge in [-0.15, -0.1) is 0 Å². The molecule has 0 aliphatic rings. The Labute approximate surface area is 101 Å². The molecule has 3 heteroatoms. The largest absolute Gasteiger partial charge is 0.370 e. The molecule has 0 amide bonds. The third-order valence-corrected chi connectivity index (χ3v) is 2.84. The normalized spacial score (nSPS) is 10.8. The van der Waals surface area contributed by atoms with Crippen molar-refractivity contribution in [2.45, 2.75) is 20.8 Å². The smallest absolute Gasteiger partial charge is 0.129 e. The van der Waals surface area contributed by atoms with Crippen LogP contribution >= 0.6 is 11.6 Å². The van der Waals surface area contributed by atoms with Crippen molar-refractivity contribution in [2.24, 2.45) is 0 Å². The Hall–Kier alpha value is -1.28. The number of hydrogen-bond donors (Lipinski definition) is 1. The zero-order chi connectivity index (χ0) is 11.7. The first kappa shape index (κ1) is 11.2. The van der Waals surface area contributed by atoms with Crippen LogP contribution < -0.4 is 5.32 Å². The number of fused-ring (bicyclic) bond motifs is 1. The second-order valence-electron chi connectivity index (χ2n) is 4.00. The number of hydrogen-bond acceptors (Lipinski definition) is 2. The van der Waals surface area contributed by atoms with Gasteiger partial charge in [0.1, 0.15) is 5.82 Å². The number of anilines is 1. The third-order valence-electron chi connectivity index (χ3n) is 2.55. The lowest BCUT2D eigenvalue weighted by molar-refractivity contribution is 1.16. The average molecular weight is 235 g/mol. The minimum atomic E-state index is 0.717. The summed E-state index contributed by atoms with van der Waals surface area (Å²) in [5, 5.41) is 5.06. The molecule has 16 heavy (non-hydrogen) atoms. The summed E-state index contributed by atoms with van der Waals surface area (Å²) in [4.78, 5) is 4.56. The molecule has 84 valence electrons. The second-order valence-corrected chi connectivity index (χ2v) is 4.41. The van der Waals surface area contributed by atoms with Crippen LogP contribution in [0.25, 0.3) is 10.9 Å². The number of rotatable bonds is 2. The zero-order valence-electron chi connectivity index (χ0n) is 9.76. The van der Waals surface area contributed by atoms with Gasteiger partial charge in [0.05, 0.1) is 10.5 Å². The van der Waals surface area contributed by atoms with Crippen molar-refractivity contribution in [3.8, 4) is 0 Å². The van der Waals surface area contributed by atoms with E-state index in [9.17, 15) is 0 Å². The standard InChI is InChI=1S/C13H15ClN2/c1-4-15-13-9(3)7-10-5-8(2)6-11(14)12(10)16-13/h5-7H,4H2,1-3H3,(H,15,16). The number of halogens is 1. The summed E-state index contributed by atoms with van der Waals surface area (Å²) in [5.74, 6) is 0.917. The molecule has 0 fully saturated rings. The van der Waals surface area contributed by atoms with Gasteiger partial charge in [-0.05, 0) is 50.1 Å². The van der Waals surface area contributed by atoms with Gasteiger partial charge in [0.15, 0.2) is 0 Å². The molecule has 2 nitrogen and oxygen atoms in total. The maximum Gasteiger partial charge on any atom is 0.129 e. The molecular formula is C13H15ClN2. The van der Waals surface area contributed by atoms with Crippen LogP contribution in [0.2, 0.25) is 5.02 Å². The highest BCUT2D eigenvalue weighted by atomic mass is 35.5. The Balaban J connectivity index is 2.69. The number of aryl methyl sites for hydroxylation is 2. The van der Waals surface area contributed by atoms with Crippen molar-refractivity contribution in [1.29, 1.82) is 0 Å². The van der Waals surface area contributed by atoms with E-state index in [2.05, 4.69) is 36.3 Å². The first-order chi connectivity index (χ1) is 7.61. The van der Waals surface area contributed by atoms with Crippen molar-refractivity contribution in [3.05, 3.63) is 34.3 Å². The minimum absolute atomic E-state index is 0.717. The molecule has 0 saturated carbocycles. The Morgan fingerprint density at radius 3 is 2.69 bits per heavy atom. The van der Waals surface area contributed by atoms with Crippen LogP contribution in [-0.2, 0) is 0 Å². The Kier molecular flexibility index (Phi) is 3.01. The summed E-state index contributed by atoms with van der Waals surface area (Å²) in [6.45, 7) is 7.02. The van der Waals surface area contributed by atoms with Gasteiger partial charge >= 0.3 is 0 Å². The van der Waals surface area contributed by atoms with Gasteiger partial charge in [-0.25, -0.2) is 4.98 Å². The van der Waals surface area contributed by atoms with E-state index in [0.29, 0.717) is 5.02 Å². The molecule has 2 aromatic rings. The molecular weight excluding hydrogens is 220 g/mol. The number of aromatic nitrogens is 1. The van der Waals surface area contributed by atoms with Gasteiger partial charge in [0.2, 0.25) is 0 Å². The predicted octanol–water partition coefficient (Wildman–Crippen LogP) is 3.94. The molecule has 1 heterocycles. The van der Waals surface area contributed by atoms with Gasteiger partial charge in [0, 0.05) is 11.9 Å². The molecule has 0 spiro atoms. The van der Waals surface area contributed by atoms with Gasteiger partial charge in [-0.2, -0.15) is 0 Å². The van der Waals surface area contributed by atoms with E-state index in [1.807, 2.05) is 13.0 Å². The van der Waals surface area contributed by atoms with Crippen molar-refractivity contribution in [2.75, 3.05) is 11.9 Å². The lowest BCUT2D eigenvalue weighted by Gasteiger charge is -2.09. The van der Waals surface area contributed by atoms with E-state index in [1.165, 1.54) is 0 Å². The second kappa shape index (κ2) is 4.30. The number of benzene rings is 1. The molecule has 2 rings (SSSR count). The van der Waals surface area contributed by atoms with Crippen molar-refractivity contribution in [3.63, 3.8) is 0 Å². The number of nitrogens with zero attached hydrogens (tertiary/aromatic N) is 1. The van der Waals surface area contributed by atoms with Gasteiger partial charge in [0.25, 0.3) is 0 Å². The summed E-state index contributed by atoms with van der Waals surface area (Å²) in [5.41, 5.74) is 3.18. The van der Waals surface area contributed by atoms with E-state index in [-0.39, 0.29) is 0 Å². The molecule has 0 aliphatic heterocycles. The molecule has 0 radical (unpaired) electrons. The average Bonchev–Trinajstić information content (AvgIpc) is 2.20.